The van der Waals surface area contributed by atoms with Crippen molar-refractivity contribution in [3.63, 3.8) is 0 Å². The molecule has 0 radical (unpaired) electrons. The molecule has 1 aromatic rings. The van der Waals surface area contributed by atoms with Crippen molar-refractivity contribution in [2.45, 2.75) is 58.4 Å². The molecule has 198 valence electrons. The number of hydrogen-bond donors (Lipinski definition) is 1. The number of nitrogens with zero attached hydrogens (tertiary/aromatic N) is 2. The van der Waals surface area contributed by atoms with Gasteiger partial charge in [0, 0.05) is 32.1 Å². The Kier molecular flexibility index (Phi) is 8.94. The third-order valence-electron chi connectivity index (χ3n) is 7.95. The monoisotopic (exact) mass is 500 g/mol. The lowest BCUT2D eigenvalue weighted by molar-refractivity contribution is 0.0713. The van der Waals surface area contributed by atoms with Crippen LogP contribution in [0, 0.1) is 23.6 Å². The van der Waals surface area contributed by atoms with Crippen molar-refractivity contribution >= 4 is 5.91 Å². The van der Waals surface area contributed by atoms with Crippen LogP contribution in [0.4, 0.5) is 4.39 Å². The van der Waals surface area contributed by atoms with E-state index < -0.39 is 11.6 Å². The molecule has 1 saturated carbocycles. The molecule has 1 N–H and O–H groups in total. The molecule has 1 heterocycles. The number of rotatable bonds is 11. The fraction of sp³-hybridized carbons (Fsp3) is 0.621. The lowest BCUT2D eigenvalue weighted by Gasteiger charge is -2.34. The highest BCUT2D eigenvalue weighted by Crippen LogP contribution is 2.37. The van der Waals surface area contributed by atoms with Gasteiger partial charge in [0.15, 0.2) is 11.6 Å². The Morgan fingerprint density at radius 2 is 1.94 bits per heavy atom. The van der Waals surface area contributed by atoms with Gasteiger partial charge in [0.1, 0.15) is 12.4 Å². The van der Waals surface area contributed by atoms with Crippen molar-refractivity contribution in [3.8, 4) is 5.75 Å². The van der Waals surface area contributed by atoms with E-state index in [1.165, 1.54) is 6.07 Å². The second-order valence-electron chi connectivity index (χ2n) is 10.9. The molecule has 1 atom stereocenters. The van der Waals surface area contributed by atoms with Crippen molar-refractivity contribution in [1.29, 1.82) is 0 Å². The normalized spacial score (nSPS) is 22.8. The Morgan fingerprint density at radius 3 is 2.69 bits per heavy atom. The standard InChI is InChI=1S/C29H41FN2O4/c1-20(13-15-35-24-5-4-6-25(17-24)36-16-14-31(2)3)22-9-7-21(8-10-22)18-32-19-23-11-12-26(33)28(30)27(23)29(32)34/h5,11-12,17,20-22,33H,4,6-10,13-16,18-19H2,1-3H3. The van der Waals surface area contributed by atoms with Gasteiger partial charge in [-0.15, -0.1) is 0 Å². The molecule has 0 bridgehead atoms. The number of amides is 1. The van der Waals surface area contributed by atoms with Crippen molar-refractivity contribution in [2.75, 3.05) is 40.4 Å². The van der Waals surface area contributed by atoms with Crippen molar-refractivity contribution in [3.05, 3.63) is 52.7 Å². The summed E-state index contributed by atoms with van der Waals surface area (Å²) in [5.74, 6) is 2.12. The van der Waals surface area contributed by atoms with Crippen molar-refractivity contribution in [1.82, 2.24) is 9.80 Å². The minimum atomic E-state index is -0.785. The first-order valence-electron chi connectivity index (χ1n) is 13.4. The number of aromatic hydroxyl groups is 1. The number of phenols is 1. The van der Waals surface area contributed by atoms with E-state index in [2.05, 4.69) is 17.9 Å². The van der Waals surface area contributed by atoms with E-state index in [9.17, 15) is 14.3 Å². The van der Waals surface area contributed by atoms with Gasteiger partial charge in [-0.1, -0.05) is 13.0 Å². The topological polar surface area (TPSA) is 62.2 Å². The molecule has 1 fully saturated rings. The van der Waals surface area contributed by atoms with Gasteiger partial charge >= 0.3 is 0 Å². The molecule has 2 aliphatic carbocycles. The highest BCUT2D eigenvalue weighted by Gasteiger charge is 2.34. The second kappa shape index (κ2) is 12.1. The summed E-state index contributed by atoms with van der Waals surface area (Å²) in [5.41, 5.74) is 0.722. The summed E-state index contributed by atoms with van der Waals surface area (Å²) in [7, 11) is 4.09. The van der Waals surface area contributed by atoms with Gasteiger partial charge in [-0.2, -0.15) is 0 Å². The van der Waals surface area contributed by atoms with Crippen LogP contribution in [0.5, 0.6) is 5.75 Å². The van der Waals surface area contributed by atoms with E-state index in [-0.39, 0.29) is 11.5 Å². The highest BCUT2D eigenvalue weighted by atomic mass is 19.1. The molecule has 1 aromatic carbocycles. The van der Waals surface area contributed by atoms with Gasteiger partial charge < -0.3 is 24.4 Å². The fourth-order valence-electron chi connectivity index (χ4n) is 5.62. The van der Waals surface area contributed by atoms with Gasteiger partial charge in [0.05, 0.1) is 17.9 Å². The predicted molar refractivity (Wildman–Crippen MR) is 138 cm³/mol. The molecular weight excluding hydrogens is 459 g/mol. The third kappa shape index (κ3) is 6.61. The summed E-state index contributed by atoms with van der Waals surface area (Å²) in [5, 5.41) is 9.62. The van der Waals surface area contributed by atoms with Crippen LogP contribution < -0.4 is 0 Å². The van der Waals surface area contributed by atoms with Gasteiger partial charge in [-0.05, 0) is 88.1 Å². The van der Waals surface area contributed by atoms with Crippen LogP contribution in [0.15, 0.2) is 35.8 Å². The summed E-state index contributed by atoms with van der Waals surface area (Å²) in [6.45, 7) is 5.74. The maximum absolute atomic E-state index is 14.2. The first-order chi connectivity index (χ1) is 17.3. The Balaban J connectivity index is 1.16. The zero-order valence-electron chi connectivity index (χ0n) is 22.0. The van der Waals surface area contributed by atoms with Crippen LogP contribution in [0.25, 0.3) is 0 Å². The SMILES string of the molecule is CC(CCOC1=CCCC(OCCN(C)C)=C1)C1CCC(CN2Cc3ccc(O)c(F)c3C2=O)CC1. The molecule has 1 amide bonds. The molecule has 6 nitrogen and oxygen atoms in total. The minimum Gasteiger partial charge on any atom is -0.505 e. The van der Waals surface area contributed by atoms with Gasteiger partial charge in [0.2, 0.25) is 0 Å². The van der Waals surface area contributed by atoms with Crippen molar-refractivity contribution < 1.29 is 23.8 Å². The number of phenolic OH excluding ortho intramolecular Hbond substituents is 1. The first kappa shape index (κ1) is 26.5. The van der Waals surface area contributed by atoms with E-state index in [4.69, 9.17) is 9.47 Å². The number of carbonyl (C=O) groups is 1. The quantitative estimate of drug-likeness (QED) is 0.436. The number of carbonyl (C=O) groups excluding carboxylic acids is 1. The number of halogens is 1. The highest BCUT2D eigenvalue weighted by molar-refractivity contribution is 5.99. The number of benzene rings is 1. The summed E-state index contributed by atoms with van der Waals surface area (Å²) < 4.78 is 26.2. The zero-order chi connectivity index (χ0) is 25.7. The lowest BCUT2D eigenvalue weighted by atomic mass is 9.75. The maximum atomic E-state index is 14.2. The molecule has 0 spiro atoms. The van der Waals surface area contributed by atoms with Crippen LogP contribution in [-0.4, -0.2) is 61.2 Å². The summed E-state index contributed by atoms with van der Waals surface area (Å²) >= 11 is 0. The third-order valence-corrected chi connectivity index (χ3v) is 7.95. The van der Waals surface area contributed by atoms with E-state index in [1.807, 2.05) is 20.2 Å². The minimum absolute atomic E-state index is 0.0486. The van der Waals surface area contributed by atoms with E-state index in [0.717, 1.165) is 63.0 Å². The Bertz CT molecular complexity index is 982. The summed E-state index contributed by atoms with van der Waals surface area (Å²) in [6, 6.07) is 2.99. The molecular formula is C29H41FN2O4. The van der Waals surface area contributed by atoms with Gasteiger partial charge in [-0.3, -0.25) is 4.79 Å². The molecule has 1 aliphatic heterocycles. The van der Waals surface area contributed by atoms with Crippen molar-refractivity contribution in [2.24, 2.45) is 17.8 Å². The number of hydrogen-bond acceptors (Lipinski definition) is 5. The van der Waals surface area contributed by atoms with Crippen LogP contribution in [0.2, 0.25) is 0 Å². The molecule has 0 aromatic heterocycles. The molecule has 7 heteroatoms. The largest absolute Gasteiger partial charge is 0.505 e. The lowest BCUT2D eigenvalue weighted by Crippen LogP contribution is -2.33. The average molecular weight is 501 g/mol. The van der Waals surface area contributed by atoms with E-state index in [1.54, 1.807) is 11.0 Å². The summed E-state index contributed by atoms with van der Waals surface area (Å²) in [4.78, 5) is 16.6. The number of likely N-dealkylation sites (N-methyl/N-ethyl adjacent to an activating group) is 1. The smallest absolute Gasteiger partial charge is 0.257 e. The molecule has 3 aliphatic rings. The van der Waals surface area contributed by atoms with Crippen LogP contribution >= 0.6 is 0 Å². The second-order valence-corrected chi connectivity index (χ2v) is 10.9. The Hall–Kier alpha value is -2.54. The van der Waals surface area contributed by atoms with E-state index >= 15 is 0 Å². The Labute approximate surface area is 214 Å². The average Bonchev–Trinajstić information content (AvgIpc) is 3.17. The Morgan fingerprint density at radius 1 is 1.17 bits per heavy atom. The number of ether oxygens (including phenoxy) is 2. The van der Waals surface area contributed by atoms with Crippen LogP contribution in [0.1, 0.15) is 67.8 Å². The van der Waals surface area contributed by atoms with Crippen LogP contribution in [0.3, 0.4) is 0 Å². The van der Waals surface area contributed by atoms with Gasteiger partial charge in [0.25, 0.3) is 5.91 Å². The molecule has 0 saturated heterocycles. The molecule has 36 heavy (non-hydrogen) atoms. The predicted octanol–water partition coefficient (Wildman–Crippen LogP) is 5.48. The molecule has 1 unspecified atom stereocenters. The first-order valence-corrected chi connectivity index (χ1v) is 13.4. The summed E-state index contributed by atoms with van der Waals surface area (Å²) in [6.07, 6.45) is 11.6. The molecule has 4 rings (SSSR count). The van der Waals surface area contributed by atoms with Gasteiger partial charge in [-0.25, -0.2) is 4.39 Å². The van der Waals surface area contributed by atoms with Crippen LogP contribution in [-0.2, 0) is 16.0 Å². The van der Waals surface area contributed by atoms with E-state index in [0.29, 0.717) is 49.6 Å². The fourth-order valence-corrected chi connectivity index (χ4v) is 5.62. The number of fused-ring (bicyclic) bond motifs is 1. The maximum Gasteiger partial charge on any atom is 0.257 e. The number of allylic oxidation sites excluding steroid dienone is 3. The zero-order valence-corrected chi connectivity index (χ0v) is 22.0.